The molecule has 0 radical (unpaired) electrons. The Morgan fingerprint density at radius 3 is 3.00 bits per heavy atom. The maximum absolute atomic E-state index is 12.8. The molecule has 3 rings (SSSR count). The highest BCUT2D eigenvalue weighted by atomic mass is 16.5. The smallest absolute Gasteiger partial charge is 0.258 e. The van der Waals surface area contributed by atoms with E-state index in [-0.39, 0.29) is 17.7 Å². The van der Waals surface area contributed by atoms with Gasteiger partial charge >= 0.3 is 0 Å². The Labute approximate surface area is 128 Å². The van der Waals surface area contributed by atoms with Crippen LogP contribution in [0, 0.1) is 0 Å². The molecule has 0 saturated carbocycles. The molecule has 6 heteroatoms. The lowest BCUT2D eigenvalue weighted by atomic mass is 9.96. The van der Waals surface area contributed by atoms with E-state index >= 15 is 0 Å². The van der Waals surface area contributed by atoms with Gasteiger partial charge in [0.15, 0.2) is 0 Å². The second-order valence-corrected chi connectivity index (χ2v) is 5.42. The van der Waals surface area contributed by atoms with Gasteiger partial charge in [-0.3, -0.25) is 9.89 Å². The first kappa shape index (κ1) is 14.4. The van der Waals surface area contributed by atoms with E-state index < -0.39 is 0 Å². The molecule has 1 amide bonds. The summed E-state index contributed by atoms with van der Waals surface area (Å²) in [6.45, 7) is 0.681. The number of nitrogens with zero attached hydrogens (tertiary/aromatic N) is 2. The average Bonchev–Trinajstić information content (AvgIpc) is 3.08. The van der Waals surface area contributed by atoms with Crippen LogP contribution in [0.4, 0.5) is 0 Å². The van der Waals surface area contributed by atoms with E-state index in [2.05, 4.69) is 10.2 Å². The number of phenolic OH excluding ortho intramolecular Hbond substituents is 1. The number of aromatic nitrogens is 2. The largest absolute Gasteiger partial charge is 0.507 e. The van der Waals surface area contributed by atoms with Crippen LogP contribution in [0.5, 0.6) is 11.5 Å². The van der Waals surface area contributed by atoms with Crippen molar-refractivity contribution in [1.82, 2.24) is 15.1 Å². The number of ether oxygens (including phenoxy) is 1. The van der Waals surface area contributed by atoms with Crippen molar-refractivity contribution in [2.24, 2.45) is 0 Å². The Morgan fingerprint density at radius 1 is 1.45 bits per heavy atom. The van der Waals surface area contributed by atoms with E-state index in [1.54, 1.807) is 18.3 Å². The van der Waals surface area contributed by atoms with E-state index in [4.69, 9.17) is 4.74 Å². The highest BCUT2D eigenvalue weighted by Gasteiger charge is 2.30. The Morgan fingerprint density at radius 2 is 2.32 bits per heavy atom. The summed E-state index contributed by atoms with van der Waals surface area (Å²) in [5.74, 6) is 0.311. The lowest BCUT2D eigenvalue weighted by molar-refractivity contribution is 0.0608. The third-order valence-corrected chi connectivity index (χ3v) is 4.10. The van der Waals surface area contributed by atoms with Crippen molar-refractivity contribution >= 4 is 5.91 Å². The van der Waals surface area contributed by atoms with Crippen molar-refractivity contribution in [1.29, 1.82) is 0 Å². The fourth-order valence-corrected chi connectivity index (χ4v) is 2.94. The Hall–Kier alpha value is -2.50. The molecule has 0 unspecified atom stereocenters. The number of rotatable bonds is 3. The maximum Gasteiger partial charge on any atom is 0.258 e. The van der Waals surface area contributed by atoms with Crippen molar-refractivity contribution < 1.29 is 14.6 Å². The number of benzene rings is 1. The number of piperidine rings is 1. The Balaban J connectivity index is 1.89. The molecular weight excluding hydrogens is 282 g/mol. The van der Waals surface area contributed by atoms with Crippen LogP contribution >= 0.6 is 0 Å². The summed E-state index contributed by atoms with van der Waals surface area (Å²) >= 11 is 0. The van der Waals surface area contributed by atoms with Crippen LogP contribution in [0.2, 0.25) is 0 Å². The number of phenols is 1. The standard InChI is InChI=1S/C16H19N3O3/c1-22-12-5-6-13(15(20)8-12)16(21)19-7-3-2-4-14(19)11-9-17-18-10-11/h5-6,8-10,14,20H,2-4,7H2,1H3,(H,17,18)/t14-/m0/s1. The van der Waals surface area contributed by atoms with Crippen molar-refractivity contribution in [3.63, 3.8) is 0 Å². The molecule has 0 aliphatic carbocycles. The molecule has 0 bridgehead atoms. The summed E-state index contributed by atoms with van der Waals surface area (Å²) in [7, 11) is 1.52. The minimum Gasteiger partial charge on any atom is -0.507 e. The summed E-state index contributed by atoms with van der Waals surface area (Å²) in [6.07, 6.45) is 6.53. The predicted molar refractivity (Wildman–Crippen MR) is 80.9 cm³/mol. The zero-order chi connectivity index (χ0) is 15.5. The number of H-pyrrole nitrogens is 1. The number of amides is 1. The number of likely N-dealkylation sites (tertiary alicyclic amines) is 1. The van der Waals surface area contributed by atoms with Crippen LogP contribution in [-0.4, -0.2) is 39.8 Å². The monoisotopic (exact) mass is 301 g/mol. The van der Waals surface area contributed by atoms with Crippen LogP contribution in [0.1, 0.15) is 41.2 Å². The van der Waals surface area contributed by atoms with Gasteiger partial charge in [0.25, 0.3) is 5.91 Å². The number of hydrogen-bond donors (Lipinski definition) is 2. The SMILES string of the molecule is COc1ccc(C(=O)N2CCCC[C@H]2c2cn[nH]c2)c(O)c1. The number of nitrogens with one attached hydrogen (secondary N) is 1. The first-order chi connectivity index (χ1) is 10.7. The molecule has 1 fully saturated rings. The van der Waals surface area contributed by atoms with Gasteiger partial charge in [-0.25, -0.2) is 0 Å². The fourth-order valence-electron chi connectivity index (χ4n) is 2.94. The number of hydrogen-bond acceptors (Lipinski definition) is 4. The molecule has 1 aliphatic rings. The summed E-state index contributed by atoms with van der Waals surface area (Å²) < 4.78 is 5.06. The highest BCUT2D eigenvalue weighted by Crippen LogP contribution is 2.33. The van der Waals surface area contributed by atoms with Crippen molar-refractivity contribution in [2.45, 2.75) is 25.3 Å². The topological polar surface area (TPSA) is 78.5 Å². The molecule has 1 aromatic heterocycles. The quantitative estimate of drug-likeness (QED) is 0.913. The lowest BCUT2D eigenvalue weighted by Crippen LogP contribution is -2.38. The maximum atomic E-state index is 12.8. The van der Waals surface area contributed by atoms with E-state index in [1.807, 2.05) is 11.1 Å². The van der Waals surface area contributed by atoms with Gasteiger partial charge in [0.2, 0.25) is 0 Å². The van der Waals surface area contributed by atoms with Gasteiger partial charge in [0.1, 0.15) is 11.5 Å². The zero-order valence-electron chi connectivity index (χ0n) is 12.5. The molecule has 22 heavy (non-hydrogen) atoms. The fraction of sp³-hybridized carbons (Fsp3) is 0.375. The number of methoxy groups -OCH3 is 1. The van der Waals surface area contributed by atoms with E-state index in [0.29, 0.717) is 17.9 Å². The second-order valence-electron chi connectivity index (χ2n) is 5.42. The van der Waals surface area contributed by atoms with Crippen LogP contribution in [0.15, 0.2) is 30.6 Å². The molecule has 2 N–H and O–H groups in total. The highest BCUT2D eigenvalue weighted by molar-refractivity contribution is 5.97. The van der Waals surface area contributed by atoms with Crippen LogP contribution < -0.4 is 4.74 Å². The number of aromatic hydroxyl groups is 1. The number of aromatic amines is 1. The third-order valence-electron chi connectivity index (χ3n) is 4.10. The van der Waals surface area contributed by atoms with Crippen LogP contribution in [0.25, 0.3) is 0 Å². The zero-order valence-corrected chi connectivity index (χ0v) is 12.5. The molecule has 1 atom stereocenters. The number of carbonyl (C=O) groups excluding carboxylic acids is 1. The van der Waals surface area contributed by atoms with Gasteiger partial charge in [-0.15, -0.1) is 0 Å². The van der Waals surface area contributed by atoms with Gasteiger partial charge in [-0.1, -0.05) is 0 Å². The summed E-state index contributed by atoms with van der Waals surface area (Å²) in [6, 6.07) is 4.76. The van der Waals surface area contributed by atoms with Crippen molar-refractivity contribution in [2.75, 3.05) is 13.7 Å². The molecule has 1 aliphatic heterocycles. The van der Waals surface area contributed by atoms with E-state index in [1.165, 1.54) is 13.2 Å². The van der Waals surface area contributed by atoms with Crippen molar-refractivity contribution in [3.8, 4) is 11.5 Å². The molecule has 1 saturated heterocycles. The normalized spacial score (nSPS) is 18.2. The third kappa shape index (κ3) is 2.64. The molecule has 6 nitrogen and oxygen atoms in total. The van der Waals surface area contributed by atoms with Gasteiger partial charge in [-0.05, 0) is 31.4 Å². The van der Waals surface area contributed by atoms with Gasteiger partial charge < -0.3 is 14.7 Å². The molecule has 0 spiro atoms. The molecule has 2 heterocycles. The molecular formula is C16H19N3O3. The molecule has 1 aromatic carbocycles. The summed E-state index contributed by atoms with van der Waals surface area (Å²) in [4.78, 5) is 14.6. The first-order valence-corrected chi connectivity index (χ1v) is 7.37. The van der Waals surface area contributed by atoms with Gasteiger partial charge in [0, 0.05) is 24.4 Å². The Bertz CT molecular complexity index is 655. The summed E-state index contributed by atoms with van der Waals surface area (Å²) in [5, 5.41) is 16.9. The second kappa shape index (κ2) is 6.09. The molecule has 2 aromatic rings. The lowest BCUT2D eigenvalue weighted by Gasteiger charge is -2.35. The van der Waals surface area contributed by atoms with Gasteiger partial charge in [0.05, 0.1) is 24.9 Å². The van der Waals surface area contributed by atoms with Crippen molar-refractivity contribution in [3.05, 3.63) is 41.7 Å². The summed E-state index contributed by atoms with van der Waals surface area (Å²) in [5.41, 5.74) is 1.30. The predicted octanol–water partition coefficient (Wildman–Crippen LogP) is 2.49. The van der Waals surface area contributed by atoms with E-state index in [0.717, 1.165) is 24.8 Å². The average molecular weight is 301 g/mol. The first-order valence-electron chi connectivity index (χ1n) is 7.37. The molecule has 116 valence electrons. The van der Waals surface area contributed by atoms with Crippen LogP contribution in [0.3, 0.4) is 0 Å². The Kier molecular flexibility index (Phi) is 4.00. The van der Waals surface area contributed by atoms with E-state index in [9.17, 15) is 9.90 Å². The minimum atomic E-state index is -0.161. The van der Waals surface area contributed by atoms with Gasteiger partial charge in [-0.2, -0.15) is 5.10 Å². The van der Waals surface area contributed by atoms with Crippen LogP contribution in [-0.2, 0) is 0 Å². The minimum absolute atomic E-state index is 0.00139. The number of carbonyl (C=O) groups is 1.